The van der Waals surface area contributed by atoms with Gasteiger partial charge >= 0.3 is 6.18 Å². The summed E-state index contributed by atoms with van der Waals surface area (Å²) in [7, 11) is 0. The van der Waals surface area contributed by atoms with Crippen LogP contribution in [0.1, 0.15) is 18.5 Å². The molecule has 1 N–H and O–H groups in total. The zero-order chi connectivity index (χ0) is 24.0. The summed E-state index contributed by atoms with van der Waals surface area (Å²) < 4.78 is 56.1. The van der Waals surface area contributed by atoms with Crippen LogP contribution < -0.4 is 14.8 Å². The second-order valence-corrected chi connectivity index (χ2v) is 8.80. The second kappa shape index (κ2) is 11.2. The topological polar surface area (TPSA) is 85.8 Å². The molecular formula is C22H25F3N4O4S. The number of thioether (sulfide) groups is 1. The first kappa shape index (κ1) is 24.6. The first-order valence-corrected chi connectivity index (χ1v) is 11.9. The number of morpholine rings is 1. The molecular weight excluding hydrogens is 473 g/mol. The van der Waals surface area contributed by atoms with Crippen molar-refractivity contribution in [2.24, 2.45) is 0 Å². The third kappa shape index (κ3) is 6.73. The Morgan fingerprint density at radius 3 is 2.71 bits per heavy atom. The lowest BCUT2D eigenvalue weighted by Gasteiger charge is -2.26. The van der Waals surface area contributed by atoms with E-state index in [2.05, 4.69) is 20.2 Å². The van der Waals surface area contributed by atoms with Crippen molar-refractivity contribution in [3.05, 3.63) is 30.0 Å². The van der Waals surface area contributed by atoms with Gasteiger partial charge < -0.3 is 19.5 Å². The largest absolute Gasteiger partial charge is 0.454 e. The van der Waals surface area contributed by atoms with Crippen molar-refractivity contribution in [2.45, 2.75) is 24.2 Å². The number of benzene rings is 1. The van der Waals surface area contributed by atoms with E-state index < -0.39 is 11.9 Å². The number of carbonyl (C=O) groups excluding carboxylic acids is 1. The maximum absolute atomic E-state index is 13.4. The monoisotopic (exact) mass is 498 g/mol. The average molecular weight is 499 g/mol. The van der Waals surface area contributed by atoms with Gasteiger partial charge in [-0.05, 0) is 37.2 Å². The number of ether oxygens (including phenoxy) is 3. The predicted octanol–water partition coefficient (Wildman–Crippen LogP) is 3.21. The minimum Gasteiger partial charge on any atom is -0.454 e. The Morgan fingerprint density at radius 1 is 1.12 bits per heavy atom. The van der Waals surface area contributed by atoms with Gasteiger partial charge in [0.15, 0.2) is 16.7 Å². The first-order valence-electron chi connectivity index (χ1n) is 10.9. The van der Waals surface area contributed by atoms with Crippen LogP contribution in [-0.4, -0.2) is 72.7 Å². The zero-order valence-corrected chi connectivity index (χ0v) is 19.2. The zero-order valence-electron chi connectivity index (χ0n) is 18.4. The Balaban J connectivity index is 1.31. The fourth-order valence-electron chi connectivity index (χ4n) is 3.52. The van der Waals surface area contributed by atoms with E-state index in [4.69, 9.17) is 14.2 Å². The second-order valence-electron chi connectivity index (χ2n) is 7.74. The molecule has 0 radical (unpaired) electrons. The van der Waals surface area contributed by atoms with Gasteiger partial charge in [-0.15, -0.1) is 0 Å². The van der Waals surface area contributed by atoms with Crippen LogP contribution in [0, 0.1) is 0 Å². The summed E-state index contributed by atoms with van der Waals surface area (Å²) in [5.74, 6) is 1.08. The minimum atomic E-state index is -4.62. The molecule has 34 heavy (non-hydrogen) atoms. The predicted molar refractivity (Wildman–Crippen MR) is 119 cm³/mol. The van der Waals surface area contributed by atoms with Gasteiger partial charge in [0.1, 0.15) is 5.69 Å². The molecule has 0 aliphatic carbocycles. The van der Waals surface area contributed by atoms with Gasteiger partial charge in [0.05, 0.1) is 18.9 Å². The lowest BCUT2D eigenvalue weighted by molar-refractivity contribution is -0.141. The molecule has 0 spiro atoms. The number of amides is 1. The van der Waals surface area contributed by atoms with Crippen LogP contribution in [0.15, 0.2) is 29.4 Å². The van der Waals surface area contributed by atoms with Gasteiger partial charge in [0.2, 0.25) is 12.7 Å². The molecule has 3 heterocycles. The number of aromatic nitrogens is 2. The highest BCUT2D eigenvalue weighted by atomic mass is 32.2. The number of alkyl halides is 3. The van der Waals surface area contributed by atoms with Crippen LogP contribution in [0.25, 0.3) is 11.3 Å². The van der Waals surface area contributed by atoms with Crippen LogP contribution in [0.5, 0.6) is 11.5 Å². The Morgan fingerprint density at radius 2 is 1.91 bits per heavy atom. The lowest BCUT2D eigenvalue weighted by Crippen LogP contribution is -2.38. The Kier molecular flexibility index (Phi) is 8.11. The molecule has 0 atom stereocenters. The van der Waals surface area contributed by atoms with Crippen molar-refractivity contribution in [3.63, 3.8) is 0 Å². The Hall–Kier alpha value is -2.57. The number of hydrogen-bond donors (Lipinski definition) is 1. The van der Waals surface area contributed by atoms with Gasteiger partial charge in [-0.1, -0.05) is 11.8 Å². The molecule has 0 saturated carbocycles. The number of halogens is 3. The number of rotatable bonds is 9. The summed E-state index contributed by atoms with van der Waals surface area (Å²) >= 11 is 1.01. The van der Waals surface area contributed by atoms with E-state index >= 15 is 0 Å². The molecule has 0 bridgehead atoms. The van der Waals surface area contributed by atoms with Gasteiger partial charge in [-0.3, -0.25) is 9.69 Å². The van der Waals surface area contributed by atoms with E-state index in [-0.39, 0.29) is 35.7 Å². The van der Waals surface area contributed by atoms with E-state index in [1.165, 1.54) is 0 Å². The number of carbonyl (C=O) groups is 1. The molecule has 2 aromatic rings. The third-order valence-electron chi connectivity index (χ3n) is 5.30. The summed E-state index contributed by atoms with van der Waals surface area (Å²) in [4.78, 5) is 22.3. The van der Waals surface area contributed by atoms with Gasteiger partial charge in [-0.25, -0.2) is 9.97 Å². The van der Waals surface area contributed by atoms with Crippen LogP contribution in [-0.2, 0) is 15.7 Å². The summed E-state index contributed by atoms with van der Waals surface area (Å²) in [5.41, 5.74) is -0.460. The molecule has 4 rings (SSSR count). The molecule has 0 unspecified atom stereocenters. The molecule has 1 aromatic heterocycles. The summed E-state index contributed by atoms with van der Waals surface area (Å²) in [6.07, 6.45) is -3.64. The van der Waals surface area contributed by atoms with Crippen molar-refractivity contribution in [2.75, 3.05) is 51.9 Å². The van der Waals surface area contributed by atoms with Crippen molar-refractivity contribution in [3.8, 4) is 22.8 Å². The summed E-state index contributed by atoms with van der Waals surface area (Å²) in [6, 6.07) is 5.74. The third-order valence-corrected chi connectivity index (χ3v) is 6.15. The smallest absolute Gasteiger partial charge is 0.433 e. The fraction of sp³-hybridized carbons (Fsp3) is 0.500. The highest BCUT2D eigenvalue weighted by Gasteiger charge is 2.34. The number of nitrogens with one attached hydrogen (secondary N) is 1. The van der Waals surface area contributed by atoms with E-state index in [9.17, 15) is 18.0 Å². The molecule has 8 nitrogen and oxygen atoms in total. The van der Waals surface area contributed by atoms with E-state index in [1.54, 1.807) is 18.2 Å². The van der Waals surface area contributed by atoms with E-state index in [0.717, 1.165) is 57.1 Å². The average Bonchev–Trinajstić information content (AvgIpc) is 3.30. The molecule has 1 fully saturated rings. The fourth-order valence-corrected chi connectivity index (χ4v) is 4.31. The van der Waals surface area contributed by atoms with Crippen LogP contribution in [0.2, 0.25) is 0 Å². The molecule has 12 heteroatoms. The van der Waals surface area contributed by atoms with E-state index in [1.807, 2.05) is 0 Å². The van der Waals surface area contributed by atoms with Crippen LogP contribution in [0.3, 0.4) is 0 Å². The van der Waals surface area contributed by atoms with Crippen molar-refractivity contribution in [1.29, 1.82) is 0 Å². The number of nitrogens with zero attached hydrogens (tertiary/aromatic N) is 3. The normalized spacial score (nSPS) is 16.0. The Bertz CT molecular complexity index is 1000. The van der Waals surface area contributed by atoms with Crippen molar-refractivity contribution in [1.82, 2.24) is 20.2 Å². The van der Waals surface area contributed by atoms with Crippen LogP contribution >= 0.6 is 11.8 Å². The molecule has 2 aliphatic rings. The molecule has 1 aromatic carbocycles. The van der Waals surface area contributed by atoms with Gasteiger partial charge in [-0.2, -0.15) is 13.2 Å². The SMILES string of the molecule is O=C(CCSc1nc(-c2ccc3c(c2)OCO3)cc(C(F)(F)F)n1)NCCCN1CCOCC1. The maximum Gasteiger partial charge on any atom is 0.433 e. The van der Waals surface area contributed by atoms with Crippen LogP contribution in [0.4, 0.5) is 13.2 Å². The highest BCUT2D eigenvalue weighted by molar-refractivity contribution is 7.99. The van der Waals surface area contributed by atoms with Gasteiger partial charge in [0, 0.05) is 37.4 Å². The minimum absolute atomic E-state index is 0.0393. The summed E-state index contributed by atoms with van der Waals surface area (Å²) in [5, 5.41) is 2.81. The summed E-state index contributed by atoms with van der Waals surface area (Å²) in [6.45, 7) is 4.77. The van der Waals surface area contributed by atoms with E-state index in [0.29, 0.717) is 23.6 Å². The molecule has 184 valence electrons. The number of hydrogen-bond acceptors (Lipinski definition) is 8. The van der Waals surface area contributed by atoms with Gasteiger partial charge in [0.25, 0.3) is 0 Å². The van der Waals surface area contributed by atoms with Crippen molar-refractivity contribution < 1.29 is 32.2 Å². The lowest BCUT2D eigenvalue weighted by atomic mass is 10.1. The molecule has 2 aliphatic heterocycles. The highest BCUT2D eigenvalue weighted by Crippen LogP contribution is 2.37. The Labute approximate surface area is 199 Å². The number of fused-ring (bicyclic) bond motifs is 1. The quantitative estimate of drug-likeness (QED) is 0.321. The van der Waals surface area contributed by atoms with Crippen molar-refractivity contribution >= 4 is 17.7 Å². The first-order chi connectivity index (χ1) is 16.4. The molecule has 1 saturated heterocycles. The molecule has 1 amide bonds. The standard InChI is InChI=1S/C22H25F3N4O4S/c23-22(24,25)19-13-16(15-2-3-17-18(12-15)33-14-32-17)27-21(28-19)34-11-4-20(30)26-5-1-6-29-7-9-31-10-8-29/h2-3,12-13H,1,4-11,14H2,(H,26,30). The maximum atomic E-state index is 13.4.